The van der Waals surface area contributed by atoms with E-state index < -0.39 is 4.92 Å². The second-order valence-electron chi connectivity index (χ2n) is 4.28. The standard InChI is InChI=1S/C14H14N2O4/c1-10-3-2-4-12(15-10)9-20-14-7-11(8-17)5-6-13(14)16(18)19/h2-7,17H,8-9H2,1H3. The van der Waals surface area contributed by atoms with Gasteiger partial charge in [0.2, 0.25) is 0 Å². The number of hydrogen-bond acceptors (Lipinski definition) is 5. The molecule has 0 radical (unpaired) electrons. The lowest BCUT2D eigenvalue weighted by Gasteiger charge is -2.08. The third-order valence-electron chi connectivity index (χ3n) is 2.73. The van der Waals surface area contributed by atoms with E-state index in [1.54, 1.807) is 6.07 Å². The van der Waals surface area contributed by atoms with Gasteiger partial charge in [-0.15, -0.1) is 0 Å². The van der Waals surface area contributed by atoms with Crippen molar-refractivity contribution in [3.8, 4) is 5.75 Å². The summed E-state index contributed by atoms with van der Waals surface area (Å²) in [5, 5.41) is 20.0. The summed E-state index contributed by atoms with van der Waals surface area (Å²) < 4.78 is 5.47. The maximum atomic E-state index is 10.9. The Morgan fingerprint density at radius 2 is 2.15 bits per heavy atom. The molecule has 2 aromatic rings. The highest BCUT2D eigenvalue weighted by molar-refractivity contribution is 5.48. The highest BCUT2D eigenvalue weighted by atomic mass is 16.6. The number of nitro benzene ring substituents is 1. The predicted molar refractivity (Wildman–Crippen MR) is 72.3 cm³/mol. The van der Waals surface area contributed by atoms with Crippen LogP contribution in [0.2, 0.25) is 0 Å². The van der Waals surface area contributed by atoms with Crippen molar-refractivity contribution in [3.05, 3.63) is 63.5 Å². The fourth-order valence-electron chi connectivity index (χ4n) is 1.75. The number of ether oxygens (including phenoxy) is 1. The van der Waals surface area contributed by atoms with E-state index in [1.807, 2.05) is 19.1 Å². The lowest BCUT2D eigenvalue weighted by Crippen LogP contribution is -2.02. The Labute approximate surface area is 115 Å². The second kappa shape index (κ2) is 6.12. The number of rotatable bonds is 5. The third-order valence-corrected chi connectivity index (χ3v) is 2.73. The molecule has 0 bridgehead atoms. The minimum atomic E-state index is -0.514. The van der Waals surface area contributed by atoms with Crippen molar-refractivity contribution in [2.45, 2.75) is 20.1 Å². The molecule has 0 amide bonds. The molecule has 1 aromatic carbocycles. The number of benzene rings is 1. The fourth-order valence-corrected chi connectivity index (χ4v) is 1.75. The van der Waals surface area contributed by atoms with Crippen molar-refractivity contribution < 1.29 is 14.8 Å². The van der Waals surface area contributed by atoms with Crippen LogP contribution in [0.5, 0.6) is 5.75 Å². The molecule has 2 rings (SSSR count). The van der Waals surface area contributed by atoms with Gasteiger partial charge in [0, 0.05) is 11.8 Å². The normalized spacial score (nSPS) is 10.3. The van der Waals surface area contributed by atoms with Crippen molar-refractivity contribution in [1.29, 1.82) is 0 Å². The van der Waals surface area contributed by atoms with E-state index in [2.05, 4.69) is 4.98 Å². The van der Waals surface area contributed by atoms with Gasteiger partial charge < -0.3 is 9.84 Å². The molecule has 0 saturated heterocycles. The van der Waals surface area contributed by atoms with Crippen LogP contribution < -0.4 is 4.74 Å². The smallest absolute Gasteiger partial charge is 0.310 e. The number of hydrogen-bond donors (Lipinski definition) is 1. The van der Waals surface area contributed by atoms with Crippen LogP contribution >= 0.6 is 0 Å². The molecule has 104 valence electrons. The number of aliphatic hydroxyl groups excluding tert-OH is 1. The summed E-state index contributed by atoms with van der Waals surface area (Å²) in [6.07, 6.45) is 0. The molecule has 0 saturated carbocycles. The minimum absolute atomic E-state index is 0.129. The number of aryl methyl sites for hydroxylation is 1. The SMILES string of the molecule is Cc1cccc(COc2cc(CO)ccc2[N+](=O)[O-])n1. The van der Waals surface area contributed by atoms with Gasteiger partial charge in [-0.2, -0.15) is 0 Å². The molecule has 0 atom stereocenters. The molecule has 0 unspecified atom stereocenters. The van der Waals surface area contributed by atoms with E-state index in [4.69, 9.17) is 9.84 Å². The zero-order chi connectivity index (χ0) is 14.5. The van der Waals surface area contributed by atoms with Crippen LogP contribution in [0, 0.1) is 17.0 Å². The highest BCUT2D eigenvalue weighted by Gasteiger charge is 2.15. The Morgan fingerprint density at radius 3 is 2.80 bits per heavy atom. The average Bonchev–Trinajstić information content (AvgIpc) is 2.44. The zero-order valence-corrected chi connectivity index (χ0v) is 10.9. The summed E-state index contributed by atoms with van der Waals surface area (Å²) in [4.78, 5) is 14.7. The van der Waals surface area contributed by atoms with E-state index in [0.29, 0.717) is 11.3 Å². The van der Waals surface area contributed by atoms with E-state index in [0.717, 1.165) is 5.69 Å². The van der Waals surface area contributed by atoms with E-state index in [1.165, 1.54) is 18.2 Å². The largest absolute Gasteiger partial charge is 0.480 e. The molecule has 0 aliphatic heterocycles. The highest BCUT2D eigenvalue weighted by Crippen LogP contribution is 2.28. The molecule has 1 aromatic heterocycles. The maximum absolute atomic E-state index is 10.9. The average molecular weight is 274 g/mol. The van der Waals surface area contributed by atoms with E-state index >= 15 is 0 Å². The van der Waals surface area contributed by atoms with E-state index in [-0.39, 0.29) is 24.7 Å². The van der Waals surface area contributed by atoms with Gasteiger partial charge in [0.05, 0.1) is 17.2 Å². The Kier molecular flexibility index (Phi) is 4.27. The first kappa shape index (κ1) is 14.0. The van der Waals surface area contributed by atoms with Crippen LogP contribution in [-0.2, 0) is 13.2 Å². The molecule has 1 heterocycles. The molecule has 20 heavy (non-hydrogen) atoms. The van der Waals surface area contributed by atoms with Crippen LogP contribution in [0.3, 0.4) is 0 Å². The molecule has 0 aliphatic carbocycles. The summed E-state index contributed by atoms with van der Waals surface area (Å²) >= 11 is 0. The summed E-state index contributed by atoms with van der Waals surface area (Å²) in [5.41, 5.74) is 1.97. The molecule has 0 spiro atoms. The van der Waals surface area contributed by atoms with Gasteiger partial charge in [-0.25, -0.2) is 0 Å². The first-order valence-corrected chi connectivity index (χ1v) is 6.03. The van der Waals surface area contributed by atoms with Crippen molar-refractivity contribution in [3.63, 3.8) is 0 Å². The summed E-state index contributed by atoms with van der Waals surface area (Å²) in [7, 11) is 0. The first-order chi connectivity index (χ1) is 9.60. The van der Waals surface area contributed by atoms with Crippen molar-refractivity contribution in [1.82, 2.24) is 4.98 Å². The van der Waals surface area contributed by atoms with Crippen LogP contribution in [0.4, 0.5) is 5.69 Å². The summed E-state index contributed by atoms with van der Waals surface area (Å²) in [5.74, 6) is 0.129. The Balaban J connectivity index is 2.21. The first-order valence-electron chi connectivity index (χ1n) is 6.03. The zero-order valence-electron chi connectivity index (χ0n) is 10.9. The molecule has 6 nitrogen and oxygen atoms in total. The quantitative estimate of drug-likeness (QED) is 0.668. The molecule has 6 heteroatoms. The molecular weight excluding hydrogens is 260 g/mol. The summed E-state index contributed by atoms with van der Waals surface area (Å²) in [6.45, 7) is 1.80. The van der Waals surface area contributed by atoms with Gasteiger partial charge in [0.25, 0.3) is 0 Å². The van der Waals surface area contributed by atoms with Crippen LogP contribution in [-0.4, -0.2) is 15.0 Å². The maximum Gasteiger partial charge on any atom is 0.310 e. The Bertz CT molecular complexity index is 628. The monoisotopic (exact) mass is 274 g/mol. The van der Waals surface area contributed by atoms with Crippen LogP contribution in [0.15, 0.2) is 36.4 Å². The lowest BCUT2D eigenvalue weighted by atomic mass is 10.2. The minimum Gasteiger partial charge on any atom is -0.480 e. The van der Waals surface area contributed by atoms with Gasteiger partial charge in [-0.05, 0) is 36.8 Å². The van der Waals surface area contributed by atoms with E-state index in [9.17, 15) is 10.1 Å². The third kappa shape index (κ3) is 3.30. The van der Waals surface area contributed by atoms with Crippen LogP contribution in [0.25, 0.3) is 0 Å². The van der Waals surface area contributed by atoms with Crippen molar-refractivity contribution >= 4 is 5.69 Å². The van der Waals surface area contributed by atoms with Crippen LogP contribution in [0.1, 0.15) is 17.0 Å². The number of aromatic nitrogens is 1. The predicted octanol–water partition coefficient (Wildman–Crippen LogP) is 2.37. The Hall–Kier alpha value is -2.47. The lowest BCUT2D eigenvalue weighted by molar-refractivity contribution is -0.386. The summed E-state index contributed by atoms with van der Waals surface area (Å²) in [6, 6.07) is 9.78. The number of aliphatic hydroxyl groups is 1. The Morgan fingerprint density at radius 1 is 1.35 bits per heavy atom. The van der Waals surface area contributed by atoms with Gasteiger partial charge in [-0.1, -0.05) is 6.07 Å². The molecule has 0 aliphatic rings. The molecular formula is C14H14N2O4. The number of nitro groups is 1. The number of nitrogens with zero attached hydrogens (tertiary/aromatic N) is 2. The van der Waals surface area contributed by atoms with Crippen molar-refractivity contribution in [2.24, 2.45) is 0 Å². The van der Waals surface area contributed by atoms with Gasteiger partial charge in [0.1, 0.15) is 6.61 Å². The molecule has 1 N–H and O–H groups in total. The van der Waals surface area contributed by atoms with Gasteiger partial charge in [0.15, 0.2) is 5.75 Å². The fraction of sp³-hybridized carbons (Fsp3) is 0.214. The molecule has 0 fully saturated rings. The van der Waals surface area contributed by atoms with Gasteiger partial charge >= 0.3 is 5.69 Å². The second-order valence-corrected chi connectivity index (χ2v) is 4.28. The number of pyridine rings is 1. The topological polar surface area (TPSA) is 85.5 Å². The van der Waals surface area contributed by atoms with Crippen molar-refractivity contribution in [2.75, 3.05) is 0 Å². The van der Waals surface area contributed by atoms with Gasteiger partial charge in [-0.3, -0.25) is 15.1 Å².